The van der Waals surface area contributed by atoms with Crippen LogP contribution >= 0.6 is 0 Å². The lowest BCUT2D eigenvalue weighted by molar-refractivity contribution is -0.0285. The van der Waals surface area contributed by atoms with Crippen LogP contribution in [0.25, 0.3) is 5.08 Å². The van der Waals surface area contributed by atoms with Gasteiger partial charge in [0.2, 0.25) is 0 Å². The molecule has 1 aliphatic rings. The number of nitrogens with zero attached hydrogens (tertiary/aromatic N) is 3. The fourth-order valence-corrected chi connectivity index (χ4v) is 2.08. The Bertz CT molecular complexity index is 616. The summed E-state index contributed by atoms with van der Waals surface area (Å²) in [4.78, 5) is 25.2. The van der Waals surface area contributed by atoms with E-state index in [1.807, 2.05) is 0 Å². The lowest BCUT2D eigenvalue weighted by atomic mass is 10.1. The van der Waals surface area contributed by atoms with Gasteiger partial charge in [-0.2, -0.15) is 0 Å². The molecule has 9 heteroatoms. The van der Waals surface area contributed by atoms with Gasteiger partial charge in [0.15, 0.2) is 0 Å². The highest BCUT2D eigenvalue weighted by Gasteiger charge is 2.39. The third-order valence-electron chi connectivity index (χ3n) is 3.10. The molecule has 1 aliphatic heterocycles. The zero-order valence-corrected chi connectivity index (χ0v) is 10.2. The second kappa shape index (κ2) is 5.21. The Balaban J connectivity index is 2.30. The molecule has 19 heavy (non-hydrogen) atoms. The van der Waals surface area contributed by atoms with E-state index in [1.54, 1.807) is 6.92 Å². The minimum Gasteiger partial charge on any atom is -0.394 e. The zero-order valence-electron chi connectivity index (χ0n) is 10.2. The van der Waals surface area contributed by atoms with Crippen molar-refractivity contribution < 1.29 is 9.84 Å². The number of ether oxygens (including phenoxy) is 1. The highest BCUT2D eigenvalue weighted by Crippen LogP contribution is 2.27. The first kappa shape index (κ1) is 13.3. The molecule has 1 saturated heterocycles. The van der Waals surface area contributed by atoms with Gasteiger partial charge < -0.3 is 9.84 Å². The molecule has 9 nitrogen and oxygen atoms in total. The van der Waals surface area contributed by atoms with E-state index in [0.717, 1.165) is 0 Å². The number of aromatic nitrogens is 2. The molecule has 102 valence electrons. The first-order chi connectivity index (χ1) is 9.06. The zero-order chi connectivity index (χ0) is 14.0. The topological polar surface area (TPSA) is 124 Å². The van der Waals surface area contributed by atoms with E-state index in [4.69, 9.17) is 15.2 Å². The van der Waals surface area contributed by atoms with Crippen LogP contribution < -0.4 is 16.7 Å². The molecule has 1 aromatic rings. The molecule has 3 N–H and O–H groups in total. The standard InChI is InChI=1S/C10H13N5O4/c1-5-3-15(10(18)12-9(5)17)8-2-6(13-14-11)7(4-16)19-8/h3,6-8,13,16H,2,4H2,1H3/p+1/t6-,7-,8-/m1/s1. The van der Waals surface area contributed by atoms with Crippen LogP contribution in [0, 0.1) is 12.3 Å². The van der Waals surface area contributed by atoms with Crippen molar-refractivity contribution in [3.05, 3.63) is 37.7 Å². The summed E-state index contributed by atoms with van der Waals surface area (Å²) in [7, 11) is 0. The Morgan fingerprint density at radius 1 is 1.68 bits per heavy atom. The highest BCUT2D eigenvalue weighted by molar-refractivity contribution is 5.02. The molecule has 3 atom stereocenters. The van der Waals surface area contributed by atoms with Gasteiger partial charge in [0.05, 0.1) is 6.61 Å². The normalized spacial score (nSPS) is 26.1. The van der Waals surface area contributed by atoms with Gasteiger partial charge in [-0.3, -0.25) is 14.3 Å². The number of aromatic amines is 1. The van der Waals surface area contributed by atoms with Crippen LogP contribution in [0.15, 0.2) is 15.8 Å². The maximum atomic E-state index is 11.7. The summed E-state index contributed by atoms with van der Waals surface area (Å²) in [5.74, 6) is 0. The molecule has 0 radical (unpaired) electrons. The van der Waals surface area contributed by atoms with Crippen molar-refractivity contribution in [2.24, 2.45) is 0 Å². The van der Waals surface area contributed by atoms with Gasteiger partial charge in [-0.15, -0.1) is 0 Å². The number of hydrogen-bond donors (Lipinski definition) is 3. The number of aliphatic hydroxyl groups excluding tert-OH is 1. The highest BCUT2D eigenvalue weighted by atomic mass is 16.5. The molecule has 0 saturated carbocycles. The monoisotopic (exact) mass is 268 g/mol. The predicted octanol–water partition coefficient (Wildman–Crippen LogP) is -1.15. The number of aliphatic hydroxyl groups is 1. The Kier molecular flexibility index (Phi) is 3.64. The van der Waals surface area contributed by atoms with Gasteiger partial charge in [-0.05, 0) is 12.3 Å². The van der Waals surface area contributed by atoms with Crippen molar-refractivity contribution in [2.75, 3.05) is 6.61 Å². The van der Waals surface area contributed by atoms with Gasteiger partial charge in [0.25, 0.3) is 11.0 Å². The smallest absolute Gasteiger partial charge is 0.330 e. The lowest BCUT2D eigenvalue weighted by Crippen LogP contribution is -2.34. The van der Waals surface area contributed by atoms with E-state index >= 15 is 0 Å². The van der Waals surface area contributed by atoms with E-state index in [1.165, 1.54) is 10.8 Å². The van der Waals surface area contributed by atoms with Gasteiger partial charge in [0.1, 0.15) is 18.4 Å². The number of H-pyrrole nitrogens is 1. The molecular formula is C10H14N5O4+. The molecule has 0 amide bonds. The maximum Gasteiger partial charge on any atom is 0.330 e. The van der Waals surface area contributed by atoms with Crippen molar-refractivity contribution in [2.45, 2.75) is 31.7 Å². The number of nitrogens with one attached hydrogen (secondary N) is 2. The minimum atomic E-state index is -0.639. The number of aryl methyl sites for hydroxylation is 1. The molecule has 0 spiro atoms. The minimum absolute atomic E-state index is 0.277. The lowest BCUT2D eigenvalue weighted by Gasteiger charge is -2.14. The summed E-state index contributed by atoms with van der Waals surface area (Å²) in [6, 6.07) is -0.417. The fourth-order valence-electron chi connectivity index (χ4n) is 2.08. The third kappa shape index (κ3) is 2.49. The first-order valence-corrected chi connectivity index (χ1v) is 5.74. The van der Waals surface area contributed by atoms with Crippen LogP contribution in [-0.4, -0.2) is 33.4 Å². The molecule has 0 aromatic carbocycles. The molecule has 0 unspecified atom stereocenters. The Labute approximate surface area is 107 Å². The van der Waals surface area contributed by atoms with Crippen LogP contribution in [0.4, 0.5) is 0 Å². The van der Waals surface area contributed by atoms with Crippen LogP contribution in [0.2, 0.25) is 0 Å². The van der Waals surface area contributed by atoms with Gasteiger partial charge in [-0.1, -0.05) is 0 Å². The summed E-state index contributed by atoms with van der Waals surface area (Å²) >= 11 is 0. The van der Waals surface area contributed by atoms with E-state index in [9.17, 15) is 9.59 Å². The predicted molar refractivity (Wildman–Crippen MR) is 63.7 cm³/mol. The summed E-state index contributed by atoms with van der Waals surface area (Å²) in [5, 5.41) is 20.5. The number of rotatable bonds is 3. The van der Waals surface area contributed by atoms with Gasteiger partial charge >= 0.3 is 10.8 Å². The molecule has 0 aliphatic carbocycles. The van der Waals surface area contributed by atoms with Crippen molar-refractivity contribution in [3.8, 4) is 0 Å². The third-order valence-corrected chi connectivity index (χ3v) is 3.10. The first-order valence-electron chi connectivity index (χ1n) is 5.74. The molecule has 2 rings (SSSR count). The second-order valence-corrected chi connectivity index (χ2v) is 4.36. The van der Waals surface area contributed by atoms with E-state index in [2.05, 4.69) is 15.5 Å². The van der Waals surface area contributed by atoms with E-state index < -0.39 is 29.6 Å². The largest absolute Gasteiger partial charge is 0.394 e. The van der Waals surface area contributed by atoms with Crippen molar-refractivity contribution >= 4 is 0 Å². The maximum absolute atomic E-state index is 11.7. The van der Waals surface area contributed by atoms with E-state index in [0.29, 0.717) is 12.0 Å². The summed E-state index contributed by atoms with van der Waals surface area (Å²) < 4.78 is 6.74. The Hall–Kier alpha value is -2.18. The summed E-state index contributed by atoms with van der Waals surface area (Å²) in [6.45, 7) is 1.30. The van der Waals surface area contributed by atoms with Crippen molar-refractivity contribution in [1.82, 2.24) is 15.0 Å². The Morgan fingerprint density at radius 3 is 3.05 bits per heavy atom. The van der Waals surface area contributed by atoms with Gasteiger partial charge in [0, 0.05) is 18.2 Å². The quantitative estimate of drug-likeness (QED) is 0.469. The van der Waals surface area contributed by atoms with Crippen molar-refractivity contribution in [1.29, 1.82) is 5.39 Å². The van der Waals surface area contributed by atoms with Gasteiger partial charge in [-0.25, -0.2) is 4.79 Å². The molecular weight excluding hydrogens is 254 g/mol. The van der Waals surface area contributed by atoms with Crippen LogP contribution in [0.3, 0.4) is 0 Å². The van der Waals surface area contributed by atoms with E-state index in [-0.39, 0.29) is 6.61 Å². The average Bonchev–Trinajstić information content (AvgIpc) is 2.77. The van der Waals surface area contributed by atoms with Crippen LogP contribution in [0.5, 0.6) is 0 Å². The fraction of sp³-hybridized carbons (Fsp3) is 0.600. The number of diazo groups is 1. The summed E-state index contributed by atoms with van der Waals surface area (Å²) in [5.41, 5.74) is 1.75. The number of hydrogen-bond acceptors (Lipinski definition) is 6. The second-order valence-electron chi connectivity index (χ2n) is 4.36. The van der Waals surface area contributed by atoms with Crippen LogP contribution in [0.1, 0.15) is 18.2 Å². The Morgan fingerprint density at radius 2 is 2.42 bits per heavy atom. The molecule has 1 aromatic heterocycles. The molecule has 2 heterocycles. The average molecular weight is 268 g/mol. The summed E-state index contributed by atoms with van der Waals surface area (Å²) in [6.07, 6.45) is 0.485. The van der Waals surface area contributed by atoms with Crippen LogP contribution in [-0.2, 0) is 4.74 Å². The SMILES string of the molecule is Cc1cn([C@H]2C[C@@H](N[N+]#N)[C@@H](CO)O2)c(=O)[nH]c1=O. The van der Waals surface area contributed by atoms with Crippen molar-refractivity contribution in [3.63, 3.8) is 0 Å². The molecule has 1 fully saturated rings. The molecule has 0 bridgehead atoms.